The Kier molecular flexibility index (Phi) is 2.85. The molecule has 0 saturated carbocycles. The van der Waals surface area contributed by atoms with Gasteiger partial charge in [0.25, 0.3) is 5.69 Å². The number of nitrogens with zero attached hydrogens (tertiary/aromatic N) is 2. The molecule has 0 bridgehead atoms. The number of fused-ring (bicyclic) bond motifs is 3. The van der Waals surface area contributed by atoms with Crippen LogP contribution in [0, 0.1) is 10.1 Å². The van der Waals surface area contributed by atoms with Gasteiger partial charge in [-0.05, 0) is 44.3 Å². The van der Waals surface area contributed by atoms with Crippen LogP contribution >= 0.6 is 0 Å². The van der Waals surface area contributed by atoms with E-state index in [0.717, 1.165) is 48.4 Å². The highest BCUT2D eigenvalue weighted by Gasteiger charge is 2.36. The Hall–Kier alpha value is -2.08. The van der Waals surface area contributed by atoms with Gasteiger partial charge in [0.05, 0.1) is 16.3 Å². The van der Waals surface area contributed by atoms with E-state index in [1.165, 1.54) is 12.8 Å². The topological polar surface area (TPSA) is 70.4 Å². The monoisotopic (exact) mass is 286 g/mol. The normalized spacial score (nSPS) is 23.3. The molecule has 4 rings (SSSR count). The average Bonchev–Trinajstić information content (AvgIpc) is 3.15. The molecule has 0 amide bonds. The summed E-state index contributed by atoms with van der Waals surface area (Å²) in [6.45, 7) is 2.25. The molecule has 0 spiro atoms. The highest BCUT2D eigenvalue weighted by Crippen LogP contribution is 2.43. The van der Waals surface area contributed by atoms with Crippen molar-refractivity contribution in [1.29, 1.82) is 0 Å². The first-order valence-corrected chi connectivity index (χ1v) is 7.49. The van der Waals surface area contributed by atoms with Gasteiger partial charge in [0.1, 0.15) is 0 Å². The molecule has 2 aliphatic heterocycles. The zero-order valence-corrected chi connectivity index (χ0v) is 11.8. The van der Waals surface area contributed by atoms with Gasteiger partial charge in [0, 0.05) is 30.1 Å². The lowest BCUT2D eigenvalue weighted by Crippen LogP contribution is -2.33. The third kappa shape index (κ3) is 1.98. The van der Waals surface area contributed by atoms with Gasteiger partial charge in [-0.3, -0.25) is 15.0 Å². The highest BCUT2D eigenvalue weighted by molar-refractivity contribution is 5.82. The average molecular weight is 286 g/mol. The van der Waals surface area contributed by atoms with E-state index in [4.69, 9.17) is 0 Å². The Morgan fingerprint density at radius 1 is 1.14 bits per heavy atom. The first kappa shape index (κ1) is 12.6. The number of likely N-dealkylation sites (tertiary alicyclic amines) is 1. The number of nitrogens with one attached hydrogen (secondary N) is 2. The van der Waals surface area contributed by atoms with Gasteiger partial charge in [-0.15, -0.1) is 0 Å². The summed E-state index contributed by atoms with van der Waals surface area (Å²) in [6.07, 6.45) is 7.81. The lowest BCUT2D eigenvalue weighted by atomic mass is 10.0. The maximum atomic E-state index is 11.4. The first-order chi connectivity index (χ1) is 10.2. The van der Waals surface area contributed by atoms with Crippen molar-refractivity contribution in [2.45, 2.75) is 31.7 Å². The maximum Gasteiger partial charge on any atom is 0.275 e. The number of nitro benzene ring substituents is 1. The minimum absolute atomic E-state index is 0.245. The van der Waals surface area contributed by atoms with E-state index in [2.05, 4.69) is 15.5 Å². The van der Waals surface area contributed by atoms with Crippen LogP contribution in [0.5, 0.6) is 0 Å². The third-order valence-corrected chi connectivity index (χ3v) is 4.81. The summed E-state index contributed by atoms with van der Waals surface area (Å²) in [5.74, 6) is 0. The molecule has 1 fully saturated rings. The van der Waals surface area contributed by atoms with E-state index in [9.17, 15) is 10.1 Å². The molecule has 1 saturated heterocycles. The molecule has 1 aromatic carbocycles. The maximum absolute atomic E-state index is 11.4. The van der Waals surface area contributed by atoms with E-state index in [-0.39, 0.29) is 10.6 Å². The molecule has 2 N–H and O–H groups in total. The van der Waals surface area contributed by atoms with Crippen LogP contribution < -0.4 is 10.6 Å². The number of hydrogen-bond donors (Lipinski definition) is 2. The smallest absolute Gasteiger partial charge is 0.275 e. The molecule has 1 unspecified atom stereocenters. The molecule has 1 atom stereocenters. The van der Waals surface area contributed by atoms with Crippen molar-refractivity contribution < 1.29 is 4.92 Å². The van der Waals surface area contributed by atoms with E-state index < -0.39 is 0 Å². The number of hydrogen-bond acceptors (Lipinski definition) is 5. The van der Waals surface area contributed by atoms with Crippen molar-refractivity contribution in [1.82, 2.24) is 4.90 Å². The summed E-state index contributed by atoms with van der Waals surface area (Å²) in [4.78, 5) is 13.6. The number of rotatable bonds is 2. The van der Waals surface area contributed by atoms with E-state index in [1.54, 1.807) is 12.3 Å². The standard InChI is InChI=1S/C15H18N4O2/c20-19(21)14-9-13-15(17-4-3-16-13)12-8-10(7-11(12)14)18-5-1-2-6-18/h3-4,9-10,16-17H,1-2,5-8H2. The molecule has 21 heavy (non-hydrogen) atoms. The Balaban J connectivity index is 1.76. The fourth-order valence-corrected chi connectivity index (χ4v) is 3.82. The van der Waals surface area contributed by atoms with E-state index in [1.807, 2.05) is 6.20 Å². The summed E-state index contributed by atoms with van der Waals surface area (Å²) in [5.41, 5.74) is 4.12. The second kappa shape index (κ2) is 4.73. The van der Waals surface area contributed by atoms with Crippen molar-refractivity contribution >= 4 is 17.1 Å². The minimum atomic E-state index is -0.245. The Labute approximate surface area is 123 Å². The predicted molar refractivity (Wildman–Crippen MR) is 81.5 cm³/mol. The molecular weight excluding hydrogens is 268 g/mol. The second-order valence-corrected chi connectivity index (χ2v) is 5.96. The van der Waals surface area contributed by atoms with Gasteiger partial charge < -0.3 is 10.6 Å². The van der Waals surface area contributed by atoms with E-state index >= 15 is 0 Å². The Bertz CT molecular complexity index is 635. The van der Waals surface area contributed by atoms with E-state index in [0.29, 0.717) is 6.04 Å². The molecule has 3 aliphatic rings. The highest BCUT2D eigenvalue weighted by atomic mass is 16.6. The largest absolute Gasteiger partial charge is 0.358 e. The molecule has 2 heterocycles. The van der Waals surface area contributed by atoms with Crippen molar-refractivity contribution in [2.75, 3.05) is 23.7 Å². The van der Waals surface area contributed by atoms with Gasteiger partial charge in [0.15, 0.2) is 0 Å². The van der Waals surface area contributed by atoms with Crippen LogP contribution in [-0.2, 0) is 12.8 Å². The Morgan fingerprint density at radius 3 is 2.62 bits per heavy atom. The van der Waals surface area contributed by atoms with Crippen molar-refractivity contribution in [3.63, 3.8) is 0 Å². The molecule has 0 aromatic heterocycles. The summed E-state index contributed by atoms with van der Waals surface area (Å²) in [6, 6.07) is 2.08. The summed E-state index contributed by atoms with van der Waals surface area (Å²) < 4.78 is 0. The lowest BCUT2D eigenvalue weighted by molar-refractivity contribution is -0.385. The third-order valence-electron chi connectivity index (χ3n) is 4.81. The van der Waals surface area contributed by atoms with Crippen molar-refractivity contribution in [3.8, 4) is 0 Å². The molecule has 110 valence electrons. The first-order valence-electron chi connectivity index (χ1n) is 7.49. The molecule has 1 aliphatic carbocycles. The van der Waals surface area contributed by atoms with Gasteiger partial charge >= 0.3 is 0 Å². The van der Waals surface area contributed by atoms with Crippen LogP contribution in [0.1, 0.15) is 24.0 Å². The second-order valence-electron chi connectivity index (χ2n) is 5.96. The molecule has 1 aromatic rings. The van der Waals surface area contributed by atoms with Crippen LogP contribution in [0.3, 0.4) is 0 Å². The number of benzene rings is 1. The van der Waals surface area contributed by atoms with Crippen LogP contribution in [0.25, 0.3) is 0 Å². The number of anilines is 2. The zero-order chi connectivity index (χ0) is 14.4. The fourth-order valence-electron chi connectivity index (χ4n) is 3.82. The van der Waals surface area contributed by atoms with Gasteiger partial charge in [-0.25, -0.2) is 0 Å². The van der Waals surface area contributed by atoms with Gasteiger partial charge in [0.2, 0.25) is 0 Å². The lowest BCUT2D eigenvalue weighted by Gasteiger charge is -2.22. The molecular formula is C15H18N4O2. The van der Waals surface area contributed by atoms with Crippen LogP contribution in [-0.4, -0.2) is 29.0 Å². The molecule has 0 radical (unpaired) electrons. The van der Waals surface area contributed by atoms with Crippen LogP contribution in [0.15, 0.2) is 18.5 Å². The summed E-state index contributed by atoms with van der Waals surface area (Å²) in [7, 11) is 0. The van der Waals surface area contributed by atoms with Crippen LogP contribution in [0.4, 0.5) is 17.1 Å². The number of nitro groups is 1. The van der Waals surface area contributed by atoms with Crippen molar-refractivity contribution in [3.05, 3.63) is 39.7 Å². The molecule has 6 heteroatoms. The SMILES string of the molecule is O=[N+]([O-])c1cc2c(c3c1CC(N1CCCC1)C3)NC=CN2. The van der Waals surface area contributed by atoms with Gasteiger partial charge in [-0.1, -0.05) is 0 Å². The van der Waals surface area contributed by atoms with Crippen LogP contribution in [0.2, 0.25) is 0 Å². The minimum Gasteiger partial charge on any atom is -0.358 e. The Morgan fingerprint density at radius 2 is 1.86 bits per heavy atom. The fraction of sp³-hybridized carbons (Fsp3) is 0.467. The summed E-state index contributed by atoms with van der Waals surface area (Å²) >= 11 is 0. The van der Waals surface area contributed by atoms with Crippen molar-refractivity contribution in [2.24, 2.45) is 0 Å². The predicted octanol–water partition coefficient (Wildman–Crippen LogP) is 2.47. The quantitative estimate of drug-likeness (QED) is 0.645. The molecule has 6 nitrogen and oxygen atoms in total. The zero-order valence-electron chi connectivity index (χ0n) is 11.8. The van der Waals surface area contributed by atoms with Gasteiger partial charge in [-0.2, -0.15) is 0 Å². The summed E-state index contributed by atoms with van der Waals surface area (Å²) in [5, 5.41) is 17.8.